The summed E-state index contributed by atoms with van der Waals surface area (Å²) in [5.74, 6) is 0.581. The second-order valence-corrected chi connectivity index (χ2v) is 15.7. The molecule has 0 spiro atoms. The average Bonchev–Trinajstić information content (AvgIpc) is 3.10. The van der Waals surface area contributed by atoms with Crippen LogP contribution in [-0.4, -0.2) is 29.4 Å². The number of rotatable bonds is 42. The molecule has 0 aliphatic heterocycles. The third kappa shape index (κ3) is 39.7. The molecule has 49 heavy (non-hydrogen) atoms. The zero-order valence-electron chi connectivity index (χ0n) is 33.6. The summed E-state index contributed by atoms with van der Waals surface area (Å²) in [5, 5.41) is 12.8. The van der Waals surface area contributed by atoms with Gasteiger partial charge in [-0.15, -0.1) is 0 Å². The minimum absolute atomic E-state index is 0.0508. The molecule has 1 atom stereocenters. The fraction of sp³-hybridized carbons (Fsp3) is 0.956. The van der Waals surface area contributed by atoms with Crippen LogP contribution in [-0.2, 0) is 9.59 Å². The molecule has 1 amide bonds. The fourth-order valence-corrected chi connectivity index (χ4v) is 7.23. The maximum absolute atomic E-state index is 12.4. The molecule has 0 aliphatic carbocycles. The molecule has 0 heterocycles. The highest BCUT2D eigenvalue weighted by Crippen LogP contribution is 2.16. The van der Waals surface area contributed by atoms with Crippen LogP contribution in [0.1, 0.15) is 264 Å². The van der Waals surface area contributed by atoms with Crippen molar-refractivity contribution >= 4 is 11.7 Å². The van der Waals surface area contributed by atoms with Crippen LogP contribution in [0, 0.1) is 0 Å². The highest BCUT2D eigenvalue weighted by molar-refractivity contribution is 5.78. The van der Waals surface area contributed by atoms with Crippen LogP contribution in [0.4, 0.5) is 0 Å². The number of carbonyl (C=O) groups is 2. The standard InChI is InChI=1S/C45H89NO3/c1-3-5-7-9-11-13-15-17-19-20-22-26-30-34-38-43(42-47)46-45(49)41-37-33-29-25-24-28-32-36-40-44(48)39-35-31-27-23-21-18-16-14-12-10-8-6-4-2/h43,47H,3-42H2,1-2H3,(H,46,49)/t43-/m1/s1. The zero-order chi connectivity index (χ0) is 35.7. The van der Waals surface area contributed by atoms with Gasteiger partial charge in [-0.1, -0.05) is 219 Å². The van der Waals surface area contributed by atoms with Gasteiger partial charge in [0.25, 0.3) is 0 Å². The zero-order valence-corrected chi connectivity index (χ0v) is 33.6. The number of carbonyl (C=O) groups excluding carboxylic acids is 2. The first-order valence-corrected chi connectivity index (χ1v) is 22.6. The molecule has 0 saturated carbocycles. The van der Waals surface area contributed by atoms with E-state index in [0.29, 0.717) is 12.2 Å². The second-order valence-electron chi connectivity index (χ2n) is 15.7. The number of aliphatic hydroxyl groups excluding tert-OH is 1. The van der Waals surface area contributed by atoms with Crippen molar-refractivity contribution in [1.82, 2.24) is 5.32 Å². The molecule has 0 aliphatic rings. The lowest BCUT2D eigenvalue weighted by Crippen LogP contribution is -2.37. The predicted molar refractivity (Wildman–Crippen MR) is 215 cm³/mol. The van der Waals surface area contributed by atoms with E-state index in [4.69, 9.17) is 0 Å². The number of aliphatic hydroxyl groups is 1. The number of hydrogen-bond donors (Lipinski definition) is 2. The molecule has 0 aromatic heterocycles. The monoisotopic (exact) mass is 692 g/mol. The number of amides is 1. The highest BCUT2D eigenvalue weighted by Gasteiger charge is 2.11. The van der Waals surface area contributed by atoms with Gasteiger partial charge in [0.15, 0.2) is 0 Å². The van der Waals surface area contributed by atoms with Crippen molar-refractivity contribution in [2.24, 2.45) is 0 Å². The molecule has 2 N–H and O–H groups in total. The van der Waals surface area contributed by atoms with Crippen LogP contribution in [0.3, 0.4) is 0 Å². The molecule has 4 nitrogen and oxygen atoms in total. The first kappa shape index (κ1) is 48.1. The topological polar surface area (TPSA) is 66.4 Å². The second kappa shape index (κ2) is 41.5. The molecule has 0 fully saturated rings. The summed E-state index contributed by atoms with van der Waals surface area (Å²) in [6.45, 7) is 4.61. The Bertz CT molecular complexity index is 666. The Balaban J connectivity index is 3.41. The number of Topliss-reactive ketones (excluding diaryl/α,β-unsaturated/α-hetero) is 1. The van der Waals surface area contributed by atoms with E-state index in [1.807, 2.05) is 0 Å². The van der Waals surface area contributed by atoms with Crippen molar-refractivity contribution < 1.29 is 14.7 Å². The molecule has 0 aromatic rings. The first-order valence-electron chi connectivity index (χ1n) is 22.6. The number of ketones is 1. The maximum atomic E-state index is 12.4. The minimum Gasteiger partial charge on any atom is -0.394 e. The molecule has 4 heteroatoms. The SMILES string of the molecule is CCCCCCCCCCCCCCCC[C@H](CO)NC(=O)CCCCCCCCCCC(=O)CCCCCCCCCCCCCCC. The van der Waals surface area contributed by atoms with Crippen molar-refractivity contribution in [1.29, 1.82) is 0 Å². The van der Waals surface area contributed by atoms with E-state index in [1.54, 1.807) is 0 Å². The van der Waals surface area contributed by atoms with Crippen molar-refractivity contribution in [2.45, 2.75) is 270 Å². The number of unbranched alkanes of at least 4 members (excludes halogenated alkanes) is 32. The normalized spacial score (nSPS) is 12.1. The van der Waals surface area contributed by atoms with Crippen molar-refractivity contribution in [3.05, 3.63) is 0 Å². The Hall–Kier alpha value is -0.900. The van der Waals surface area contributed by atoms with Gasteiger partial charge in [0.05, 0.1) is 12.6 Å². The van der Waals surface area contributed by atoms with E-state index in [2.05, 4.69) is 19.2 Å². The van der Waals surface area contributed by atoms with Gasteiger partial charge in [-0.05, 0) is 25.7 Å². The van der Waals surface area contributed by atoms with E-state index < -0.39 is 0 Å². The molecule has 0 rings (SSSR count). The average molecular weight is 692 g/mol. The van der Waals surface area contributed by atoms with Crippen molar-refractivity contribution in [3.8, 4) is 0 Å². The largest absolute Gasteiger partial charge is 0.394 e. The molecular weight excluding hydrogens is 602 g/mol. The Morgan fingerprint density at radius 2 is 0.653 bits per heavy atom. The quantitative estimate of drug-likeness (QED) is 0.0626. The summed E-state index contributed by atoms with van der Waals surface area (Å²) in [6, 6.07) is -0.0777. The lowest BCUT2D eigenvalue weighted by Gasteiger charge is -2.16. The van der Waals surface area contributed by atoms with E-state index >= 15 is 0 Å². The van der Waals surface area contributed by atoms with Gasteiger partial charge in [0.1, 0.15) is 5.78 Å². The summed E-state index contributed by atoms with van der Waals surface area (Å²) in [7, 11) is 0. The maximum Gasteiger partial charge on any atom is 0.220 e. The lowest BCUT2D eigenvalue weighted by atomic mass is 10.0. The van der Waals surface area contributed by atoms with Gasteiger partial charge in [-0.3, -0.25) is 9.59 Å². The van der Waals surface area contributed by atoms with Crippen molar-refractivity contribution in [2.75, 3.05) is 6.61 Å². The van der Waals surface area contributed by atoms with Gasteiger partial charge in [0.2, 0.25) is 5.91 Å². The van der Waals surface area contributed by atoms with Gasteiger partial charge >= 0.3 is 0 Å². The Labute approximate surface area is 307 Å². The first-order chi connectivity index (χ1) is 24.1. The lowest BCUT2D eigenvalue weighted by molar-refractivity contribution is -0.122. The van der Waals surface area contributed by atoms with Crippen LogP contribution in [0.2, 0.25) is 0 Å². The van der Waals surface area contributed by atoms with Crippen LogP contribution in [0.25, 0.3) is 0 Å². The Kier molecular flexibility index (Phi) is 40.8. The van der Waals surface area contributed by atoms with Crippen LogP contribution in [0.5, 0.6) is 0 Å². The molecule has 0 saturated heterocycles. The molecule has 0 radical (unpaired) electrons. The summed E-state index contributed by atoms with van der Waals surface area (Å²) in [4.78, 5) is 24.6. The van der Waals surface area contributed by atoms with Crippen LogP contribution < -0.4 is 5.32 Å². The number of hydrogen-bond acceptors (Lipinski definition) is 3. The molecule has 0 bridgehead atoms. The summed E-state index contributed by atoms with van der Waals surface area (Å²) in [6.07, 6.45) is 48.7. The van der Waals surface area contributed by atoms with Gasteiger partial charge in [0, 0.05) is 19.3 Å². The molecular formula is C45H89NO3. The summed E-state index contributed by atoms with van der Waals surface area (Å²) >= 11 is 0. The van der Waals surface area contributed by atoms with Gasteiger partial charge in [-0.25, -0.2) is 0 Å². The molecule has 0 unspecified atom stereocenters. The van der Waals surface area contributed by atoms with E-state index in [1.165, 1.54) is 193 Å². The van der Waals surface area contributed by atoms with E-state index in [-0.39, 0.29) is 18.6 Å². The molecule has 0 aromatic carbocycles. The minimum atomic E-state index is -0.0777. The Morgan fingerprint density at radius 3 is 0.959 bits per heavy atom. The smallest absolute Gasteiger partial charge is 0.220 e. The Morgan fingerprint density at radius 1 is 0.388 bits per heavy atom. The third-order valence-electron chi connectivity index (χ3n) is 10.7. The van der Waals surface area contributed by atoms with Crippen molar-refractivity contribution in [3.63, 3.8) is 0 Å². The predicted octanol–water partition coefficient (Wildman–Crippen LogP) is 14.3. The van der Waals surface area contributed by atoms with E-state index in [0.717, 1.165) is 51.4 Å². The fourth-order valence-electron chi connectivity index (χ4n) is 7.23. The highest BCUT2D eigenvalue weighted by atomic mass is 16.3. The van der Waals surface area contributed by atoms with Gasteiger partial charge < -0.3 is 10.4 Å². The van der Waals surface area contributed by atoms with E-state index in [9.17, 15) is 14.7 Å². The van der Waals surface area contributed by atoms with Gasteiger partial charge in [-0.2, -0.15) is 0 Å². The summed E-state index contributed by atoms with van der Waals surface area (Å²) < 4.78 is 0. The van der Waals surface area contributed by atoms with Crippen LogP contribution in [0.15, 0.2) is 0 Å². The molecule has 292 valence electrons. The summed E-state index contributed by atoms with van der Waals surface area (Å²) in [5.41, 5.74) is 0. The third-order valence-corrected chi connectivity index (χ3v) is 10.7. The van der Waals surface area contributed by atoms with Crippen LogP contribution >= 0.6 is 0 Å². The number of nitrogens with one attached hydrogen (secondary N) is 1.